The normalized spacial score (nSPS) is 10.9. The highest BCUT2D eigenvalue weighted by atomic mass is 16.1. The van der Waals surface area contributed by atoms with E-state index in [1.807, 2.05) is 67.0 Å². The zero-order valence-electron chi connectivity index (χ0n) is 11.6. The van der Waals surface area contributed by atoms with E-state index < -0.39 is 0 Å². The third-order valence-electron chi connectivity index (χ3n) is 3.47. The fourth-order valence-corrected chi connectivity index (χ4v) is 2.39. The molecule has 3 aromatic rings. The van der Waals surface area contributed by atoms with Crippen molar-refractivity contribution >= 4 is 11.3 Å². The fourth-order valence-electron chi connectivity index (χ4n) is 2.39. The predicted molar refractivity (Wildman–Crippen MR) is 80.0 cm³/mol. The summed E-state index contributed by atoms with van der Waals surface area (Å²) in [6.07, 6.45) is 4.45. The Hall–Kier alpha value is -2.42. The number of carbonyl (C=O) groups is 1. The predicted octanol–water partition coefficient (Wildman–Crippen LogP) is 3.90. The van der Waals surface area contributed by atoms with E-state index in [0.29, 0.717) is 6.42 Å². The van der Waals surface area contributed by atoms with Crippen molar-refractivity contribution < 1.29 is 4.79 Å². The van der Waals surface area contributed by atoms with Gasteiger partial charge in [0.05, 0.1) is 11.2 Å². The van der Waals surface area contributed by atoms with E-state index in [1.165, 1.54) is 0 Å². The molecule has 0 aliphatic heterocycles. The number of Topliss-reactive ketones (excluding diaryl/α,β-unsaturated/α-hetero) is 1. The Labute approximate surface area is 117 Å². The lowest BCUT2D eigenvalue weighted by Gasteiger charge is -2.04. The second kappa shape index (κ2) is 4.93. The van der Waals surface area contributed by atoms with Crippen molar-refractivity contribution in [3.63, 3.8) is 0 Å². The van der Waals surface area contributed by atoms with Gasteiger partial charge >= 0.3 is 0 Å². The lowest BCUT2D eigenvalue weighted by atomic mass is 10.1. The van der Waals surface area contributed by atoms with E-state index in [-0.39, 0.29) is 5.78 Å². The van der Waals surface area contributed by atoms with Crippen LogP contribution >= 0.6 is 0 Å². The number of hydrogen-bond acceptors (Lipinski definition) is 2. The van der Waals surface area contributed by atoms with Crippen LogP contribution in [0, 0.1) is 6.92 Å². The number of carbonyl (C=O) groups excluding carboxylic acids is 1. The summed E-state index contributed by atoms with van der Waals surface area (Å²) in [6, 6.07) is 11.8. The number of fused-ring (bicyclic) bond motifs is 1. The molecule has 0 unspecified atom stereocenters. The van der Waals surface area contributed by atoms with Crippen molar-refractivity contribution in [1.82, 2.24) is 9.38 Å². The van der Waals surface area contributed by atoms with Crippen LogP contribution in [0.25, 0.3) is 16.8 Å². The molecule has 0 radical (unpaired) electrons. The third-order valence-corrected chi connectivity index (χ3v) is 3.47. The van der Waals surface area contributed by atoms with Gasteiger partial charge < -0.3 is 4.40 Å². The molecule has 3 heteroatoms. The van der Waals surface area contributed by atoms with Crippen LogP contribution < -0.4 is 0 Å². The van der Waals surface area contributed by atoms with Gasteiger partial charge in [-0.1, -0.05) is 13.0 Å². The summed E-state index contributed by atoms with van der Waals surface area (Å²) in [5.41, 5.74) is 4.76. The van der Waals surface area contributed by atoms with Crippen LogP contribution in [-0.2, 0) is 0 Å². The highest BCUT2D eigenvalue weighted by Gasteiger charge is 2.09. The average molecular weight is 264 g/mol. The molecule has 0 spiro atoms. The van der Waals surface area contributed by atoms with Gasteiger partial charge in [0.2, 0.25) is 0 Å². The first-order valence-corrected chi connectivity index (χ1v) is 6.77. The molecular formula is C17H16N2O. The van der Waals surface area contributed by atoms with Crippen LogP contribution in [0.15, 0.2) is 48.8 Å². The topological polar surface area (TPSA) is 34.4 Å². The molecular weight excluding hydrogens is 248 g/mol. The fraction of sp³-hybridized carbons (Fsp3) is 0.176. The van der Waals surface area contributed by atoms with Gasteiger partial charge in [-0.3, -0.25) is 9.78 Å². The molecule has 0 bridgehead atoms. The minimum absolute atomic E-state index is 0.164. The highest BCUT2D eigenvalue weighted by Crippen LogP contribution is 2.25. The van der Waals surface area contributed by atoms with E-state index in [9.17, 15) is 4.79 Å². The lowest BCUT2D eigenvalue weighted by Crippen LogP contribution is -1.97. The van der Waals surface area contributed by atoms with Crippen molar-refractivity contribution in [2.45, 2.75) is 20.3 Å². The van der Waals surface area contributed by atoms with Crippen LogP contribution in [0.4, 0.5) is 0 Å². The van der Waals surface area contributed by atoms with Crippen molar-refractivity contribution in [1.29, 1.82) is 0 Å². The molecule has 3 nitrogen and oxygen atoms in total. The van der Waals surface area contributed by atoms with Gasteiger partial charge in [-0.15, -0.1) is 0 Å². The number of nitrogens with zero attached hydrogens (tertiary/aromatic N) is 2. The summed E-state index contributed by atoms with van der Waals surface area (Å²) in [5, 5.41) is 0. The Bertz CT molecular complexity index is 787. The summed E-state index contributed by atoms with van der Waals surface area (Å²) in [7, 11) is 0. The van der Waals surface area contributed by atoms with Crippen LogP contribution in [0.5, 0.6) is 0 Å². The second-order valence-electron chi connectivity index (χ2n) is 4.88. The zero-order chi connectivity index (χ0) is 14.1. The summed E-state index contributed by atoms with van der Waals surface area (Å²) in [5.74, 6) is 0.164. The Morgan fingerprint density at radius 3 is 2.75 bits per heavy atom. The Kier molecular flexibility index (Phi) is 3.11. The SMILES string of the molecule is CCC(=O)c1ccn2ccc(-c3cccc(C)n3)c2c1. The smallest absolute Gasteiger partial charge is 0.162 e. The quantitative estimate of drug-likeness (QED) is 0.672. The maximum Gasteiger partial charge on any atom is 0.162 e. The lowest BCUT2D eigenvalue weighted by molar-refractivity contribution is 0.0988. The first-order chi connectivity index (χ1) is 9.69. The number of rotatable bonds is 3. The van der Waals surface area contributed by atoms with E-state index in [2.05, 4.69) is 4.98 Å². The molecule has 0 saturated carbocycles. The molecule has 3 rings (SSSR count). The van der Waals surface area contributed by atoms with Gasteiger partial charge in [0.25, 0.3) is 0 Å². The van der Waals surface area contributed by atoms with Gasteiger partial charge in [-0.05, 0) is 37.3 Å². The number of aromatic nitrogens is 2. The molecule has 0 N–H and O–H groups in total. The van der Waals surface area contributed by atoms with Gasteiger partial charge in [-0.2, -0.15) is 0 Å². The second-order valence-corrected chi connectivity index (χ2v) is 4.88. The summed E-state index contributed by atoms with van der Waals surface area (Å²) in [4.78, 5) is 16.4. The van der Waals surface area contributed by atoms with E-state index >= 15 is 0 Å². The molecule has 3 heterocycles. The maximum atomic E-state index is 11.9. The Balaban J connectivity index is 2.19. The Morgan fingerprint density at radius 1 is 1.20 bits per heavy atom. The van der Waals surface area contributed by atoms with Gasteiger partial charge in [0.15, 0.2) is 5.78 Å². The van der Waals surface area contributed by atoms with Gasteiger partial charge in [0.1, 0.15) is 0 Å². The molecule has 0 aliphatic rings. The van der Waals surface area contributed by atoms with Crippen molar-refractivity contribution in [2.75, 3.05) is 0 Å². The minimum Gasteiger partial charge on any atom is -0.323 e. The Morgan fingerprint density at radius 2 is 2.00 bits per heavy atom. The molecule has 100 valence electrons. The monoisotopic (exact) mass is 264 g/mol. The van der Waals surface area contributed by atoms with Crippen LogP contribution in [0.2, 0.25) is 0 Å². The first-order valence-electron chi connectivity index (χ1n) is 6.77. The van der Waals surface area contributed by atoms with Gasteiger partial charge in [0, 0.05) is 35.6 Å². The van der Waals surface area contributed by atoms with E-state index in [4.69, 9.17) is 0 Å². The number of pyridine rings is 2. The number of hydrogen-bond donors (Lipinski definition) is 0. The molecule has 0 amide bonds. The molecule has 0 fully saturated rings. The highest BCUT2D eigenvalue weighted by molar-refractivity contribution is 5.98. The van der Waals surface area contributed by atoms with Crippen LogP contribution in [-0.4, -0.2) is 15.2 Å². The molecule has 0 atom stereocenters. The molecule has 0 aromatic carbocycles. The summed E-state index contributed by atoms with van der Waals surface area (Å²) in [6.45, 7) is 3.86. The van der Waals surface area contributed by atoms with Crippen molar-refractivity contribution in [2.24, 2.45) is 0 Å². The zero-order valence-corrected chi connectivity index (χ0v) is 11.6. The minimum atomic E-state index is 0.164. The summed E-state index contributed by atoms with van der Waals surface area (Å²) >= 11 is 0. The van der Waals surface area contributed by atoms with E-state index in [1.54, 1.807) is 0 Å². The largest absolute Gasteiger partial charge is 0.323 e. The average Bonchev–Trinajstić information content (AvgIpc) is 2.89. The molecule has 0 aliphatic carbocycles. The molecule has 0 saturated heterocycles. The molecule has 3 aromatic heterocycles. The summed E-state index contributed by atoms with van der Waals surface area (Å²) < 4.78 is 2.02. The number of aryl methyl sites for hydroxylation is 1. The standard InChI is InChI=1S/C17H16N2O/c1-3-17(20)13-7-9-19-10-8-14(16(19)11-13)15-6-4-5-12(2)18-15/h4-11H,3H2,1-2H3. The van der Waals surface area contributed by atoms with Crippen LogP contribution in [0.1, 0.15) is 29.4 Å². The maximum absolute atomic E-state index is 11.9. The number of ketones is 1. The van der Waals surface area contributed by atoms with Crippen molar-refractivity contribution in [3.8, 4) is 11.3 Å². The third kappa shape index (κ3) is 2.11. The van der Waals surface area contributed by atoms with E-state index in [0.717, 1.165) is 28.0 Å². The first kappa shape index (κ1) is 12.6. The molecule has 20 heavy (non-hydrogen) atoms. The van der Waals surface area contributed by atoms with Crippen molar-refractivity contribution in [3.05, 3.63) is 60.0 Å². The van der Waals surface area contributed by atoms with Gasteiger partial charge in [-0.25, -0.2) is 0 Å². The van der Waals surface area contributed by atoms with Crippen LogP contribution in [0.3, 0.4) is 0 Å².